The Kier molecular flexibility index (Phi) is 9.24. The summed E-state index contributed by atoms with van der Waals surface area (Å²) in [6.07, 6.45) is 0.647. The molecule has 0 aromatic heterocycles. The molecule has 0 bridgehead atoms. The summed E-state index contributed by atoms with van der Waals surface area (Å²) in [7, 11) is -4.20. The monoisotopic (exact) mass is 581 g/mol. The number of sulfonamides is 1. The number of carbonyl (C=O) groups excluding carboxylic acids is 2. The van der Waals surface area contributed by atoms with Gasteiger partial charge in [0.05, 0.1) is 31.9 Å². The summed E-state index contributed by atoms with van der Waals surface area (Å²) in [5.41, 5.74) is 1.63. The molecule has 4 aromatic carbocycles. The van der Waals surface area contributed by atoms with Crippen molar-refractivity contribution in [2.45, 2.75) is 11.3 Å². The molecule has 0 aliphatic heterocycles. The molecule has 0 aliphatic rings. The van der Waals surface area contributed by atoms with Crippen LogP contribution in [-0.2, 0) is 21.2 Å². The fourth-order valence-electron chi connectivity index (χ4n) is 3.87. The van der Waals surface area contributed by atoms with Crippen LogP contribution in [0.1, 0.15) is 15.9 Å². The van der Waals surface area contributed by atoms with Gasteiger partial charge in [-0.15, -0.1) is 0 Å². The minimum absolute atomic E-state index is 0.00957. The third-order valence-electron chi connectivity index (χ3n) is 5.81. The van der Waals surface area contributed by atoms with Gasteiger partial charge in [0.1, 0.15) is 6.54 Å². The highest BCUT2D eigenvalue weighted by Gasteiger charge is 2.29. The van der Waals surface area contributed by atoms with Crippen LogP contribution in [0.15, 0.2) is 108 Å². The summed E-state index contributed by atoms with van der Waals surface area (Å²) in [4.78, 5) is 26.1. The summed E-state index contributed by atoms with van der Waals surface area (Å²) in [6, 6.07) is 28.5. The van der Waals surface area contributed by atoms with E-state index in [1.807, 2.05) is 30.3 Å². The first-order valence-electron chi connectivity index (χ1n) is 12.0. The van der Waals surface area contributed by atoms with Gasteiger partial charge in [0.2, 0.25) is 5.91 Å². The molecule has 0 fully saturated rings. The summed E-state index contributed by atoms with van der Waals surface area (Å²) < 4.78 is 28.0. The highest BCUT2D eigenvalue weighted by Crippen LogP contribution is 2.35. The van der Waals surface area contributed by atoms with Crippen molar-refractivity contribution in [3.8, 4) is 0 Å². The Labute approximate surface area is 237 Å². The van der Waals surface area contributed by atoms with Crippen LogP contribution in [0.3, 0.4) is 0 Å². The summed E-state index contributed by atoms with van der Waals surface area (Å²) in [5, 5.41) is 5.66. The van der Waals surface area contributed by atoms with Crippen molar-refractivity contribution < 1.29 is 18.0 Å². The number of nitrogens with zero attached hydrogens (tertiary/aromatic N) is 1. The quantitative estimate of drug-likeness (QED) is 0.247. The first kappa shape index (κ1) is 28.2. The third-order valence-corrected chi connectivity index (χ3v) is 8.39. The largest absolute Gasteiger partial charge is 0.352 e. The van der Waals surface area contributed by atoms with Crippen LogP contribution < -0.4 is 14.9 Å². The Morgan fingerprint density at radius 3 is 2.13 bits per heavy atom. The van der Waals surface area contributed by atoms with E-state index in [9.17, 15) is 18.0 Å². The Bertz CT molecular complexity index is 1570. The number of hydrogen-bond acceptors (Lipinski definition) is 4. The predicted octanol–water partition coefficient (Wildman–Crippen LogP) is 5.80. The van der Waals surface area contributed by atoms with E-state index in [0.717, 1.165) is 9.87 Å². The standard InChI is InChI=1S/C29H25Cl2N3O4S/c30-24-15-9-17-26(28(24)31)34(39(37,38)22-12-5-2-6-13-22)20-27(35)33-25-16-8-7-14-23(25)29(36)32-19-18-21-10-3-1-4-11-21/h1-17H,18-20H2,(H,32,36)(H,33,35). The molecule has 0 spiro atoms. The van der Waals surface area contributed by atoms with Crippen LogP contribution >= 0.6 is 23.2 Å². The van der Waals surface area contributed by atoms with Crippen LogP contribution in [0, 0.1) is 0 Å². The van der Waals surface area contributed by atoms with Gasteiger partial charge in [0.15, 0.2) is 0 Å². The first-order chi connectivity index (χ1) is 18.8. The lowest BCUT2D eigenvalue weighted by Gasteiger charge is -2.25. The van der Waals surface area contributed by atoms with Crippen LogP contribution in [0.25, 0.3) is 0 Å². The number of benzene rings is 4. The number of halogens is 2. The average Bonchev–Trinajstić information content (AvgIpc) is 2.94. The zero-order valence-electron chi connectivity index (χ0n) is 20.7. The van der Waals surface area contributed by atoms with Gasteiger partial charge in [-0.2, -0.15) is 0 Å². The lowest BCUT2D eigenvalue weighted by molar-refractivity contribution is -0.114. The lowest BCUT2D eigenvalue weighted by Crippen LogP contribution is -2.38. The minimum Gasteiger partial charge on any atom is -0.352 e. The summed E-state index contributed by atoms with van der Waals surface area (Å²) in [6.45, 7) is -0.206. The van der Waals surface area contributed by atoms with E-state index in [0.29, 0.717) is 13.0 Å². The summed E-state index contributed by atoms with van der Waals surface area (Å²) in [5.74, 6) is -1.04. The zero-order chi connectivity index (χ0) is 27.8. The Balaban J connectivity index is 1.54. The SMILES string of the molecule is O=C(CN(c1cccc(Cl)c1Cl)S(=O)(=O)c1ccccc1)Nc1ccccc1C(=O)NCCc1ccccc1. The van der Waals surface area contributed by atoms with Crippen molar-refractivity contribution >= 4 is 56.4 Å². The van der Waals surface area contributed by atoms with Crippen LogP contribution in [-0.4, -0.2) is 33.3 Å². The highest BCUT2D eigenvalue weighted by molar-refractivity contribution is 7.92. The maximum absolute atomic E-state index is 13.6. The number of nitrogens with one attached hydrogen (secondary N) is 2. The van der Waals surface area contributed by atoms with E-state index in [1.165, 1.54) is 24.3 Å². The van der Waals surface area contributed by atoms with Crippen LogP contribution in [0.2, 0.25) is 10.0 Å². The zero-order valence-corrected chi connectivity index (χ0v) is 23.0. The van der Waals surface area contributed by atoms with Gasteiger partial charge in [-0.05, 0) is 48.4 Å². The van der Waals surface area contributed by atoms with Gasteiger partial charge in [0, 0.05) is 6.54 Å². The van der Waals surface area contributed by atoms with Crippen LogP contribution in [0.4, 0.5) is 11.4 Å². The normalized spacial score (nSPS) is 11.0. The number of hydrogen-bond donors (Lipinski definition) is 2. The van der Waals surface area contributed by atoms with Crippen LogP contribution in [0.5, 0.6) is 0 Å². The maximum Gasteiger partial charge on any atom is 0.264 e. The Morgan fingerprint density at radius 1 is 0.769 bits per heavy atom. The van der Waals surface area contributed by atoms with Crippen molar-refractivity contribution in [1.82, 2.24) is 5.32 Å². The predicted molar refractivity (Wildman–Crippen MR) is 155 cm³/mol. The fourth-order valence-corrected chi connectivity index (χ4v) is 5.78. The molecule has 0 saturated heterocycles. The van der Waals surface area contributed by atoms with Crippen molar-refractivity contribution in [2.75, 3.05) is 22.7 Å². The fraction of sp³-hybridized carbons (Fsp3) is 0.103. The van der Waals surface area contributed by atoms with Crippen molar-refractivity contribution in [1.29, 1.82) is 0 Å². The molecule has 2 N–H and O–H groups in total. The molecular formula is C29H25Cl2N3O4S. The molecule has 10 heteroatoms. The Morgan fingerprint density at radius 2 is 1.41 bits per heavy atom. The second-order valence-corrected chi connectivity index (χ2v) is 11.1. The van der Waals surface area contributed by atoms with E-state index >= 15 is 0 Å². The molecule has 7 nitrogen and oxygen atoms in total. The lowest BCUT2D eigenvalue weighted by atomic mass is 10.1. The van der Waals surface area contributed by atoms with E-state index in [-0.39, 0.29) is 37.8 Å². The number of amides is 2. The molecule has 0 saturated carbocycles. The van der Waals surface area contributed by atoms with E-state index in [2.05, 4.69) is 10.6 Å². The summed E-state index contributed by atoms with van der Waals surface area (Å²) >= 11 is 12.5. The van der Waals surface area contributed by atoms with Gasteiger partial charge in [-0.25, -0.2) is 8.42 Å². The maximum atomic E-state index is 13.6. The smallest absolute Gasteiger partial charge is 0.264 e. The number of rotatable bonds is 10. The second-order valence-electron chi connectivity index (χ2n) is 8.48. The van der Waals surface area contributed by atoms with E-state index in [4.69, 9.17) is 23.2 Å². The molecule has 4 rings (SSSR count). The molecule has 0 atom stereocenters. The van der Waals surface area contributed by atoms with Gasteiger partial charge in [0.25, 0.3) is 15.9 Å². The third kappa shape index (κ3) is 6.97. The molecule has 39 heavy (non-hydrogen) atoms. The number of para-hydroxylation sites is 1. The molecule has 0 unspecified atom stereocenters. The molecule has 4 aromatic rings. The van der Waals surface area contributed by atoms with Gasteiger partial charge in [-0.3, -0.25) is 13.9 Å². The minimum atomic E-state index is -4.20. The van der Waals surface area contributed by atoms with Crippen molar-refractivity contribution in [3.05, 3.63) is 124 Å². The second kappa shape index (κ2) is 12.8. The molecule has 200 valence electrons. The molecule has 0 radical (unpaired) electrons. The molecule has 2 amide bonds. The number of anilines is 2. The van der Waals surface area contributed by atoms with Crippen molar-refractivity contribution in [2.24, 2.45) is 0 Å². The van der Waals surface area contributed by atoms with Gasteiger partial charge >= 0.3 is 0 Å². The van der Waals surface area contributed by atoms with E-state index < -0.39 is 22.5 Å². The van der Waals surface area contributed by atoms with E-state index in [1.54, 1.807) is 48.5 Å². The Hall–Kier alpha value is -3.85. The molecule has 0 heterocycles. The van der Waals surface area contributed by atoms with Gasteiger partial charge in [-0.1, -0.05) is 89.9 Å². The van der Waals surface area contributed by atoms with Crippen molar-refractivity contribution in [3.63, 3.8) is 0 Å². The number of carbonyl (C=O) groups is 2. The first-order valence-corrected chi connectivity index (χ1v) is 14.2. The highest BCUT2D eigenvalue weighted by atomic mass is 35.5. The average molecular weight is 583 g/mol. The van der Waals surface area contributed by atoms with Gasteiger partial charge < -0.3 is 10.6 Å². The topological polar surface area (TPSA) is 95.6 Å². The molecule has 0 aliphatic carbocycles. The molecular weight excluding hydrogens is 557 g/mol.